The second-order valence-corrected chi connectivity index (χ2v) is 5.13. The van der Waals surface area contributed by atoms with Crippen molar-refractivity contribution in [2.75, 3.05) is 13.1 Å². The van der Waals surface area contributed by atoms with Crippen molar-refractivity contribution >= 4 is 11.6 Å². The van der Waals surface area contributed by atoms with Gasteiger partial charge in [-0.15, -0.1) is 6.42 Å². The molecule has 0 atom stereocenters. The number of nitrogens with zero attached hydrogens (tertiary/aromatic N) is 2. The molecule has 0 aliphatic heterocycles. The van der Waals surface area contributed by atoms with E-state index in [1.165, 1.54) is 12.1 Å². The van der Waals surface area contributed by atoms with E-state index in [1.54, 1.807) is 11.0 Å². The molecule has 1 amide bonds. The molecular formula is C17H22N2O3. The Hall–Kier alpha value is -2.35. The summed E-state index contributed by atoms with van der Waals surface area (Å²) in [7, 11) is 0. The number of carbonyl (C=O) groups is 1. The van der Waals surface area contributed by atoms with Crippen molar-refractivity contribution in [2.45, 2.75) is 39.5 Å². The second kappa shape index (κ2) is 8.83. The lowest BCUT2D eigenvalue weighted by Gasteiger charge is -2.22. The topological polar surface area (TPSA) is 63.5 Å². The molecule has 0 radical (unpaired) electrons. The van der Waals surface area contributed by atoms with Crippen molar-refractivity contribution in [1.29, 1.82) is 0 Å². The monoisotopic (exact) mass is 302 g/mol. The lowest BCUT2D eigenvalue weighted by Crippen LogP contribution is -2.33. The van der Waals surface area contributed by atoms with Crippen LogP contribution in [-0.4, -0.2) is 28.8 Å². The lowest BCUT2D eigenvalue weighted by molar-refractivity contribution is -0.385. The van der Waals surface area contributed by atoms with Crippen LogP contribution < -0.4 is 0 Å². The Labute approximate surface area is 131 Å². The normalized spacial score (nSPS) is 10.0. The molecule has 0 aromatic heterocycles. The van der Waals surface area contributed by atoms with E-state index in [0.29, 0.717) is 18.7 Å². The summed E-state index contributed by atoms with van der Waals surface area (Å²) in [6.45, 7) is 5.46. The van der Waals surface area contributed by atoms with Gasteiger partial charge in [-0.3, -0.25) is 14.9 Å². The zero-order valence-corrected chi connectivity index (χ0v) is 13.2. The van der Waals surface area contributed by atoms with Crippen molar-refractivity contribution in [1.82, 2.24) is 4.90 Å². The first kappa shape index (κ1) is 17.7. The van der Waals surface area contributed by atoms with E-state index in [1.807, 2.05) is 0 Å². The smallest absolute Gasteiger partial charge is 0.285 e. The van der Waals surface area contributed by atoms with E-state index in [4.69, 9.17) is 6.42 Å². The maximum atomic E-state index is 12.6. The van der Waals surface area contributed by atoms with Crippen molar-refractivity contribution < 1.29 is 9.72 Å². The third-order valence-corrected chi connectivity index (χ3v) is 3.45. The van der Waals surface area contributed by atoms with Gasteiger partial charge < -0.3 is 4.90 Å². The highest BCUT2D eigenvalue weighted by Gasteiger charge is 2.20. The number of unbranched alkanes of at least 4 members (excludes halogenated alkanes) is 2. The Balaban J connectivity index is 3.05. The van der Waals surface area contributed by atoms with Gasteiger partial charge in [0.25, 0.3) is 11.6 Å². The molecule has 0 bridgehead atoms. The molecule has 0 aliphatic carbocycles. The van der Waals surface area contributed by atoms with E-state index in [9.17, 15) is 14.9 Å². The summed E-state index contributed by atoms with van der Waals surface area (Å²) in [5.74, 6) is 2.10. The first-order valence-corrected chi connectivity index (χ1v) is 7.59. The molecule has 0 heterocycles. The summed E-state index contributed by atoms with van der Waals surface area (Å²) < 4.78 is 0. The maximum Gasteiger partial charge on any atom is 0.285 e. The van der Waals surface area contributed by atoms with Gasteiger partial charge in [0.2, 0.25) is 0 Å². The number of terminal acetylenes is 1. The van der Waals surface area contributed by atoms with E-state index >= 15 is 0 Å². The van der Waals surface area contributed by atoms with Gasteiger partial charge in [0.05, 0.1) is 4.92 Å². The summed E-state index contributed by atoms with van der Waals surface area (Å²) in [5, 5.41) is 11.1. The van der Waals surface area contributed by atoms with Gasteiger partial charge in [-0.2, -0.15) is 0 Å². The fraction of sp³-hybridized carbons (Fsp3) is 0.471. The fourth-order valence-corrected chi connectivity index (χ4v) is 2.13. The maximum absolute atomic E-state index is 12.6. The number of hydrogen-bond acceptors (Lipinski definition) is 3. The van der Waals surface area contributed by atoms with Crippen LogP contribution in [0.1, 0.15) is 55.5 Å². The quantitative estimate of drug-likeness (QED) is 0.418. The van der Waals surface area contributed by atoms with Gasteiger partial charge in [0.1, 0.15) is 5.56 Å². The number of amides is 1. The third-order valence-electron chi connectivity index (χ3n) is 3.45. The summed E-state index contributed by atoms with van der Waals surface area (Å²) in [5.41, 5.74) is 0.312. The molecule has 22 heavy (non-hydrogen) atoms. The van der Waals surface area contributed by atoms with E-state index in [2.05, 4.69) is 19.8 Å². The van der Waals surface area contributed by atoms with Crippen LogP contribution in [0.15, 0.2) is 18.2 Å². The van der Waals surface area contributed by atoms with Crippen molar-refractivity contribution in [3.63, 3.8) is 0 Å². The number of nitro benzene ring substituents is 1. The Morgan fingerprint density at radius 2 is 1.86 bits per heavy atom. The zero-order valence-electron chi connectivity index (χ0n) is 13.2. The Morgan fingerprint density at radius 1 is 1.27 bits per heavy atom. The average molecular weight is 302 g/mol. The standard InChI is InChI=1S/C17H22N2O3/c1-4-7-11-18(12-8-5-2)17(20)15-10-9-14(6-3)16(13-15)19(21)22/h3,9-10,13H,4-5,7-8,11-12H2,1-2H3. The molecule has 0 saturated heterocycles. The molecular weight excluding hydrogens is 280 g/mol. The molecule has 5 heteroatoms. The molecule has 0 unspecified atom stereocenters. The number of carbonyl (C=O) groups excluding carboxylic acids is 1. The first-order valence-electron chi connectivity index (χ1n) is 7.59. The van der Waals surface area contributed by atoms with Gasteiger partial charge in [-0.25, -0.2) is 0 Å². The van der Waals surface area contributed by atoms with Crippen LogP contribution in [-0.2, 0) is 0 Å². The van der Waals surface area contributed by atoms with Crippen molar-refractivity contribution in [3.8, 4) is 12.3 Å². The van der Waals surface area contributed by atoms with Gasteiger partial charge in [0.15, 0.2) is 0 Å². The molecule has 0 saturated carbocycles. The summed E-state index contributed by atoms with van der Waals surface area (Å²) >= 11 is 0. The minimum Gasteiger partial charge on any atom is -0.339 e. The van der Waals surface area contributed by atoms with Crippen LogP contribution in [0, 0.1) is 22.5 Å². The number of benzene rings is 1. The minimum absolute atomic E-state index is 0.173. The highest BCUT2D eigenvalue weighted by molar-refractivity contribution is 5.95. The number of hydrogen-bond donors (Lipinski definition) is 0. The number of rotatable bonds is 8. The fourth-order valence-electron chi connectivity index (χ4n) is 2.13. The van der Waals surface area contributed by atoms with Crippen LogP contribution in [0.3, 0.4) is 0 Å². The van der Waals surface area contributed by atoms with Gasteiger partial charge in [-0.1, -0.05) is 32.6 Å². The van der Waals surface area contributed by atoms with Crippen molar-refractivity contribution in [3.05, 3.63) is 39.4 Å². The molecule has 1 aromatic carbocycles. The molecule has 0 spiro atoms. The molecule has 0 fully saturated rings. The SMILES string of the molecule is C#Cc1ccc(C(=O)N(CCCC)CCCC)cc1[N+](=O)[O-]. The largest absolute Gasteiger partial charge is 0.339 e. The Morgan fingerprint density at radius 3 is 2.32 bits per heavy atom. The molecule has 0 N–H and O–H groups in total. The molecule has 118 valence electrons. The second-order valence-electron chi connectivity index (χ2n) is 5.13. The van der Waals surface area contributed by atoms with E-state index in [-0.39, 0.29) is 17.2 Å². The summed E-state index contributed by atoms with van der Waals surface area (Å²) in [6, 6.07) is 4.31. The predicted molar refractivity (Wildman–Crippen MR) is 86.8 cm³/mol. The highest BCUT2D eigenvalue weighted by Crippen LogP contribution is 2.20. The van der Waals surface area contributed by atoms with Crippen LogP contribution in [0.5, 0.6) is 0 Å². The predicted octanol–water partition coefficient (Wildman–Crippen LogP) is 3.62. The molecule has 1 aromatic rings. The molecule has 0 aliphatic rings. The Kier molecular flexibility index (Phi) is 7.11. The van der Waals surface area contributed by atoms with Crippen LogP contribution in [0.25, 0.3) is 0 Å². The van der Waals surface area contributed by atoms with E-state index in [0.717, 1.165) is 25.7 Å². The Bertz CT molecular complexity index is 568. The van der Waals surface area contributed by atoms with Gasteiger partial charge in [0, 0.05) is 24.7 Å². The lowest BCUT2D eigenvalue weighted by atomic mass is 10.1. The van der Waals surface area contributed by atoms with Crippen molar-refractivity contribution in [2.24, 2.45) is 0 Å². The van der Waals surface area contributed by atoms with Crippen LogP contribution >= 0.6 is 0 Å². The molecule has 1 rings (SSSR count). The third kappa shape index (κ3) is 4.59. The summed E-state index contributed by atoms with van der Waals surface area (Å²) in [6.07, 6.45) is 9.07. The summed E-state index contributed by atoms with van der Waals surface area (Å²) in [4.78, 5) is 24.9. The highest BCUT2D eigenvalue weighted by atomic mass is 16.6. The van der Waals surface area contributed by atoms with E-state index < -0.39 is 4.92 Å². The van der Waals surface area contributed by atoms with Gasteiger partial charge >= 0.3 is 0 Å². The van der Waals surface area contributed by atoms with Gasteiger partial charge in [-0.05, 0) is 25.0 Å². The minimum atomic E-state index is -0.547. The van der Waals surface area contributed by atoms with Crippen LogP contribution in [0.2, 0.25) is 0 Å². The average Bonchev–Trinajstić information content (AvgIpc) is 2.53. The first-order chi connectivity index (χ1) is 10.5. The van der Waals surface area contributed by atoms with Crippen LogP contribution in [0.4, 0.5) is 5.69 Å². The number of nitro groups is 1. The molecule has 5 nitrogen and oxygen atoms in total. The zero-order chi connectivity index (χ0) is 16.5.